The molecule has 0 aliphatic heterocycles. The Bertz CT molecular complexity index is 821. The Morgan fingerprint density at radius 3 is 2.52 bits per heavy atom. The third-order valence-electron chi connectivity index (χ3n) is 3.54. The van der Waals surface area contributed by atoms with Crippen molar-refractivity contribution in [1.29, 1.82) is 0 Å². The van der Waals surface area contributed by atoms with Crippen molar-refractivity contribution in [2.45, 2.75) is 9.46 Å². The maximum absolute atomic E-state index is 13.0. The molecule has 0 fully saturated rings. The summed E-state index contributed by atoms with van der Waals surface area (Å²) in [7, 11) is -0.725. The molecule has 9 heteroatoms. The van der Waals surface area contributed by atoms with E-state index in [1.165, 1.54) is 20.3 Å². The predicted octanol–water partition coefficient (Wildman–Crippen LogP) is 2.64. The molecule has 0 unspecified atom stereocenters. The third kappa shape index (κ3) is 4.45. The van der Waals surface area contributed by atoms with Gasteiger partial charge in [0, 0.05) is 6.54 Å². The molecular formula is C16H18ClNO5S2. The summed E-state index contributed by atoms with van der Waals surface area (Å²) in [6, 6.07) is 8.08. The van der Waals surface area contributed by atoms with Crippen molar-refractivity contribution in [3.05, 3.63) is 41.3 Å². The van der Waals surface area contributed by atoms with Gasteiger partial charge in [-0.05, 0) is 29.1 Å². The molecule has 1 aromatic carbocycles. The van der Waals surface area contributed by atoms with Gasteiger partial charge in [0.15, 0.2) is 21.3 Å². The summed E-state index contributed by atoms with van der Waals surface area (Å²) in [4.78, 5) is 11.5. The van der Waals surface area contributed by atoms with E-state index in [2.05, 4.69) is 5.32 Å². The van der Waals surface area contributed by atoms with Gasteiger partial charge in [-0.3, -0.25) is 4.79 Å². The van der Waals surface area contributed by atoms with Crippen LogP contribution in [0.5, 0.6) is 11.5 Å². The Balaban J connectivity index is 2.46. The maximum atomic E-state index is 13.0. The number of hydrogen-bond donors (Lipinski definition) is 1. The highest BCUT2D eigenvalue weighted by molar-refractivity contribution is 7.93. The van der Waals surface area contributed by atoms with Gasteiger partial charge >= 0.3 is 0 Å². The van der Waals surface area contributed by atoms with Crippen molar-refractivity contribution >= 4 is 38.7 Å². The van der Waals surface area contributed by atoms with E-state index in [4.69, 9.17) is 21.1 Å². The molecule has 6 nitrogen and oxygen atoms in total. The molecule has 1 aromatic heterocycles. The van der Waals surface area contributed by atoms with Gasteiger partial charge in [-0.25, -0.2) is 8.42 Å². The van der Waals surface area contributed by atoms with Crippen LogP contribution in [0, 0.1) is 0 Å². The molecule has 0 saturated heterocycles. The first kappa shape index (κ1) is 19.6. The van der Waals surface area contributed by atoms with E-state index in [-0.39, 0.29) is 16.6 Å². The summed E-state index contributed by atoms with van der Waals surface area (Å²) < 4.78 is 36.7. The number of benzene rings is 1. The minimum Gasteiger partial charge on any atom is -0.493 e. The first-order valence-electron chi connectivity index (χ1n) is 7.26. The lowest BCUT2D eigenvalue weighted by Gasteiger charge is -2.19. The Morgan fingerprint density at radius 2 is 1.96 bits per heavy atom. The minimum atomic E-state index is -3.69. The van der Waals surface area contributed by atoms with Crippen molar-refractivity contribution < 1.29 is 22.7 Å². The molecule has 0 radical (unpaired) electrons. The van der Waals surface area contributed by atoms with Crippen LogP contribution in [0.4, 0.5) is 0 Å². The van der Waals surface area contributed by atoms with Gasteiger partial charge < -0.3 is 14.8 Å². The van der Waals surface area contributed by atoms with Crippen LogP contribution in [0.15, 0.2) is 39.9 Å². The summed E-state index contributed by atoms with van der Waals surface area (Å²) in [6.07, 6.45) is 0. The van der Waals surface area contributed by atoms with Crippen LogP contribution in [0.25, 0.3) is 0 Å². The number of thiophene rings is 1. The third-order valence-corrected chi connectivity index (χ3v) is 7.31. The van der Waals surface area contributed by atoms with Gasteiger partial charge in [0.2, 0.25) is 5.91 Å². The summed E-state index contributed by atoms with van der Waals surface area (Å²) in [6.45, 7) is -0.0960. The number of carbonyl (C=O) groups is 1. The standard InChI is InChI=1S/C16H18ClNO5S2/c1-22-12-6-5-11(8-13(12)23-2)14(10-18-15(19)9-17)25(20,21)16-4-3-7-24-16/h3-8,14H,9-10H2,1-2H3,(H,18,19)/t14-/m1/s1. The number of nitrogens with one attached hydrogen (secondary N) is 1. The van der Waals surface area contributed by atoms with Crippen LogP contribution in [0.1, 0.15) is 10.8 Å². The van der Waals surface area contributed by atoms with Crippen LogP contribution in [-0.4, -0.2) is 41.0 Å². The number of hydrogen-bond acceptors (Lipinski definition) is 6. The van der Waals surface area contributed by atoms with E-state index in [1.54, 1.807) is 29.6 Å². The molecule has 1 N–H and O–H groups in total. The van der Waals surface area contributed by atoms with E-state index in [0.29, 0.717) is 17.1 Å². The monoisotopic (exact) mass is 403 g/mol. The predicted molar refractivity (Wildman–Crippen MR) is 97.5 cm³/mol. The molecule has 136 valence electrons. The van der Waals surface area contributed by atoms with Crippen LogP contribution in [0.3, 0.4) is 0 Å². The minimum absolute atomic E-state index is 0.0960. The molecule has 25 heavy (non-hydrogen) atoms. The molecule has 0 spiro atoms. The lowest BCUT2D eigenvalue weighted by molar-refractivity contribution is -0.118. The highest BCUT2D eigenvalue weighted by Crippen LogP contribution is 2.36. The van der Waals surface area contributed by atoms with E-state index >= 15 is 0 Å². The second-order valence-electron chi connectivity index (χ2n) is 5.02. The fourth-order valence-electron chi connectivity index (χ4n) is 2.28. The maximum Gasteiger partial charge on any atom is 0.234 e. The quantitative estimate of drug-likeness (QED) is 0.685. The molecule has 2 rings (SSSR count). The highest BCUT2D eigenvalue weighted by Gasteiger charge is 2.31. The number of sulfone groups is 1. The van der Waals surface area contributed by atoms with Crippen molar-refractivity contribution in [2.75, 3.05) is 26.6 Å². The zero-order valence-corrected chi connectivity index (χ0v) is 16.1. The molecule has 2 aromatic rings. The van der Waals surface area contributed by atoms with Gasteiger partial charge in [0.25, 0.3) is 0 Å². The Morgan fingerprint density at radius 1 is 1.24 bits per heavy atom. The number of halogens is 1. The largest absolute Gasteiger partial charge is 0.493 e. The molecule has 0 bridgehead atoms. The fraction of sp³-hybridized carbons (Fsp3) is 0.312. The SMILES string of the molecule is COc1ccc([C@@H](CNC(=O)CCl)S(=O)(=O)c2cccs2)cc1OC. The number of alkyl halides is 1. The van der Waals surface area contributed by atoms with Crippen molar-refractivity contribution in [2.24, 2.45) is 0 Å². The molecule has 1 atom stereocenters. The van der Waals surface area contributed by atoms with Gasteiger partial charge in [-0.15, -0.1) is 22.9 Å². The second-order valence-corrected chi connectivity index (χ2v) is 8.59. The molecular weight excluding hydrogens is 386 g/mol. The van der Waals surface area contributed by atoms with E-state index < -0.39 is 21.0 Å². The number of amides is 1. The van der Waals surface area contributed by atoms with Crippen molar-refractivity contribution in [3.63, 3.8) is 0 Å². The number of ether oxygens (including phenoxy) is 2. The number of carbonyl (C=O) groups excluding carboxylic acids is 1. The van der Waals surface area contributed by atoms with E-state index in [0.717, 1.165) is 11.3 Å². The lowest BCUT2D eigenvalue weighted by Crippen LogP contribution is -2.32. The molecule has 1 heterocycles. The zero-order valence-electron chi connectivity index (χ0n) is 13.7. The van der Waals surface area contributed by atoms with Crippen LogP contribution in [0.2, 0.25) is 0 Å². The van der Waals surface area contributed by atoms with E-state index in [9.17, 15) is 13.2 Å². The number of methoxy groups -OCH3 is 2. The van der Waals surface area contributed by atoms with Crippen LogP contribution < -0.4 is 14.8 Å². The lowest BCUT2D eigenvalue weighted by atomic mass is 10.1. The Labute approximate surface area is 155 Å². The van der Waals surface area contributed by atoms with Gasteiger partial charge in [-0.2, -0.15) is 0 Å². The normalized spacial score (nSPS) is 12.4. The average molecular weight is 404 g/mol. The Hall–Kier alpha value is -1.77. The highest BCUT2D eigenvalue weighted by atomic mass is 35.5. The summed E-state index contributed by atoms with van der Waals surface area (Å²) in [5.74, 6) is 0.226. The summed E-state index contributed by atoms with van der Waals surface area (Å²) in [5.41, 5.74) is 0.487. The number of rotatable bonds is 8. The second kappa shape index (κ2) is 8.55. The van der Waals surface area contributed by atoms with Crippen LogP contribution >= 0.6 is 22.9 Å². The van der Waals surface area contributed by atoms with Crippen molar-refractivity contribution in [3.8, 4) is 11.5 Å². The van der Waals surface area contributed by atoms with Crippen molar-refractivity contribution in [1.82, 2.24) is 5.32 Å². The van der Waals surface area contributed by atoms with Gasteiger partial charge in [0.1, 0.15) is 15.3 Å². The smallest absolute Gasteiger partial charge is 0.234 e. The molecule has 0 aliphatic rings. The topological polar surface area (TPSA) is 81.7 Å². The first-order valence-corrected chi connectivity index (χ1v) is 10.2. The summed E-state index contributed by atoms with van der Waals surface area (Å²) >= 11 is 6.61. The average Bonchev–Trinajstić information content (AvgIpc) is 3.16. The zero-order chi connectivity index (χ0) is 18.4. The summed E-state index contributed by atoms with van der Waals surface area (Å²) in [5, 5.41) is 3.26. The van der Waals surface area contributed by atoms with Crippen LogP contribution in [-0.2, 0) is 14.6 Å². The van der Waals surface area contributed by atoms with Gasteiger partial charge in [-0.1, -0.05) is 12.1 Å². The first-order chi connectivity index (χ1) is 11.9. The van der Waals surface area contributed by atoms with Gasteiger partial charge in [0.05, 0.1) is 14.2 Å². The molecule has 1 amide bonds. The van der Waals surface area contributed by atoms with E-state index in [1.807, 2.05) is 0 Å². The Kier molecular flexibility index (Phi) is 6.69. The molecule has 0 aliphatic carbocycles. The molecule has 0 saturated carbocycles. The fourth-order valence-corrected chi connectivity index (χ4v) is 5.23.